The monoisotopic (exact) mass is 340 g/mol. The van der Waals surface area contributed by atoms with Crippen LogP contribution in [0.2, 0.25) is 0 Å². The summed E-state index contributed by atoms with van der Waals surface area (Å²) >= 11 is 0. The molecule has 1 aliphatic heterocycles. The number of fused-ring (bicyclic) bond motifs is 1. The Morgan fingerprint density at radius 3 is 2.64 bits per heavy atom. The molecule has 0 N–H and O–H groups in total. The van der Waals surface area contributed by atoms with Crippen LogP contribution in [0.3, 0.4) is 0 Å². The van der Waals surface area contributed by atoms with E-state index in [1.54, 1.807) is 0 Å². The molecule has 0 saturated carbocycles. The van der Waals surface area contributed by atoms with Crippen LogP contribution in [0.15, 0.2) is 33.2 Å². The third-order valence-corrected chi connectivity index (χ3v) is 4.67. The molecule has 0 unspecified atom stereocenters. The lowest BCUT2D eigenvalue weighted by molar-refractivity contribution is 0.220. The van der Waals surface area contributed by atoms with Crippen LogP contribution in [0.25, 0.3) is 11.1 Å². The molecule has 6 nitrogen and oxygen atoms in total. The topological polar surface area (TPSA) is 58.5 Å². The SMILES string of the molecule is Cc1ccc2oc(N3CCN(Cc4ncc(C(C)C)o4)CC3)nc2c1. The molecule has 1 aliphatic rings. The molecule has 0 bridgehead atoms. The Labute approximate surface area is 147 Å². The fourth-order valence-corrected chi connectivity index (χ4v) is 3.11. The molecule has 0 radical (unpaired) electrons. The van der Waals surface area contributed by atoms with E-state index >= 15 is 0 Å². The van der Waals surface area contributed by atoms with Crippen LogP contribution in [-0.4, -0.2) is 41.0 Å². The zero-order chi connectivity index (χ0) is 17.4. The van der Waals surface area contributed by atoms with Gasteiger partial charge in [-0.05, 0) is 24.6 Å². The molecule has 0 spiro atoms. The van der Waals surface area contributed by atoms with Gasteiger partial charge in [0.15, 0.2) is 5.58 Å². The number of aromatic nitrogens is 2. The van der Waals surface area contributed by atoms with Crippen molar-refractivity contribution in [1.82, 2.24) is 14.9 Å². The minimum atomic E-state index is 0.376. The highest BCUT2D eigenvalue weighted by molar-refractivity contribution is 5.75. The molecule has 1 saturated heterocycles. The third kappa shape index (κ3) is 3.39. The van der Waals surface area contributed by atoms with Crippen LogP contribution in [0.1, 0.15) is 37.0 Å². The van der Waals surface area contributed by atoms with Gasteiger partial charge in [-0.2, -0.15) is 4.98 Å². The summed E-state index contributed by atoms with van der Waals surface area (Å²) in [4.78, 5) is 13.6. The summed E-state index contributed by atoms with van der Waals surface area (Å²) in [5, 5.41) is 0. The first-order valence-electron chi connectivity index (χ1n) is 8.87. The van der Waals surface area contributed by atoms with Crippen LogP contribution in [-0.2, 0) is 6.54 Å². The van der Waals surface area contributed by atoms with Crippen molar-refractivity contribution in [3.63, 3.8) is 0 Å². The largest absolute Gasteiger partial charge is 0.444 e. The molecule has 0 aliphatic carbocycles. The van der Waals surface area contributed by atoms with E-state index in [9.17, 15) is 0 Å². The van der Waals surface area contributed by atoms with Gasteiger partial charge < -0.3 is 13.7 Å². The number of piperazine rings is 1. The van der Waals surface area contributed by atoms with Gasteiger partial charge in [0.25, 0.3) is 6.01 Å². The third-order valence-electron chi connectivity index (χ3n) is 4.67. The Hall–Kier alpha value is -2.34. The average Bonchev–Trinajstić information content (AvgIpc) is 3.22. The van der Waals surface area contributed by atoms with Gasteiger partial charge in [0.1, 0.15) is 11.3 Å². The summed E-state index contributed by atoms with van der Waals surface area (Å²) < 4.78 is 11.7. The number of oxazole rings is 2. The predicted molar refractivity (Wildman–Crippen MR) is 96.8 cm³/mol. The minimum absolute atomic E-state index is 0.376. The lowest BCUT2D eigenvalue weighted by atomic mass is 10.2. The maximum absolute atomic E-state index is 5.91. The van der Waals surface area contributed by atoms with Gasteiger partial charge in [0.2, 0.25) is 5.89 Å². The van der Waals surface area contributed by atoms with Crippen molar-refractivity contribution in [3.8, 4) is 0 Å². The normalized spacial score (nSPS) is 16.2. The number of nitrogens with zero attached hydrogens (tertiary/aromatic N) is 4. The molecule has 132 valence electrons. The standard InChI is InChI=1S/C19H24N4O2/c1-13(2)17-11-20-18(24-17)12-22-6-8-23(9-7-22)19-21-15-10-14(3)4-5-16(15)25-19/h4-5,10-11,13H,6-9,12H2,1-3H3. The number of benzene rings is 1. The number of hydrogen-bond acceptors (Lipinski definition) is 6. The Morgan fingerprint density at radius 1 is 1.12 bits per heavy atom. The number of hydrogen-bond donors (Lipinski definition) is 0. The second-order valence-corrected chi connectivity index (χ2v) is 7.04. The van der Waals surface area contributed by atoms with Gasteiger partial charge in [-0.15, -0.1) is 0 Å². The summed E-state index contributed by atoms with van der Waals surface area (Å²) in [6, 6.07) is 6.83. The zero-order valence-electron chi connectivity index (χ0n) is 15.0. The molecule has 1 aromatic carbocycles. The van der Waals surface area contributed by atoms with E-state index < -0.39 is 0 Å². The lowest BCUT2D eigenvalue weighted by Crippen LogP contribution is -2.46. The molecule has 1 fully saturated rings. The van der Waals surface area contributed by atoms with Crippen molar-refractivity contribution in [3.05, 3.63) is 41.6 Å². The van der Waals surface area contributed by atoms with Crippen molar-refractivity contribution >= 4 is 17.1 Å². The minimum Gasteiger partial charge on any atom is -0.444 e. The molecule has 3 aromatic rings. The van der Waals surface area contributed by atoms with Gasteiger partial charge in [-0.1, -0.05) is 19.9 Å². The first-order valence-corrected chi connectivity index (χ1v) is 8.87. The van der Waals surface area contributed by atoms with E-state index in [2.05, 4.69) is 52.7 Å². The summed E-state index contributed by atoms with van der Waals surface area (Å²) in [7, 11) is 0. The summed E-state index contributed by atoms with van der Waals surface area (Å²) in [5.41, 5.74) is 2.98. The van der Waals surface area contributed by atoms with Crippen molar-refractivity contribution in [2.45, 2.75) is 33.2 Å². The van der Waals surface area contributed by atoms with Crippen LogP contribution in [0.5, 0.6) is 0 Å². The van der Waals surface area contributed by atoms with Gasteiger partial charge in [0, 0.05) is 32.1 Å². The highest BCUT2D eigenvalue weighted by Gasteiger charge is 2.22. The Bertz CT molecular complexity index is 859. The zero-order valence-corrected chi connectivity index (χ0v) is 15.0. The molecule has 3 heterocycles. The fourth-order valence-electron chi connectivity index (χ4n) is 3.11. The molecular formula is C19H24N4O2. The van der Waals surface area contributed by atoms with E-state index in [-0.39, 0.29) is 0 Å². The predicted octanol–water partition coefficient (Wildman–Crippen LogP) is 3.57. The van der Waals surface area contributed by atoms with Crippen LogP contribution in [0, 0.1) is 6.92 Å². The van der Waals surface area contributed by atoms with Crippen molar-refractivity contribution in [2.24, 2.45) is 0 Å². The molecule has 25 heavy (non-hydrogen) atoms. The van der Waals surface area contributed by atoms with Crippen molar-refractivity contribution in [1.29, 1.82) is 0 Å². The first-order chi connectivity index (χ1) is 12.1. The van der Waals surface area contributed by atoms with E-state index in [0.717, 1.165) is 61.5 Å². The smallest absolute Gasteiger partial charge is 0.298 e. The maximum atomic E-state index is 5.91. The Kier molecular flexibility index (Phi) is 4.21. The molecule has 0 amide bonds. The van der Waals surface area contributed by atoms with Gasteiger partial charge >= 0.3 is 0 Å². The summed E-state index contributed by atoms with van der Waals surface area (Å²) in [6.45, 7) is 10.7. The van der Waals surface area contributed by atoms with Crippen LogP contribution < -0.4 is 4.90 Å². The van der Waals surface area contributed by atoms with Gasteiger partial charge in [-0.25, -0.2) is 4.98 Å². The summed E-state index contributed by atoms with van der Waals surface area (Å²) in [6.07, 6.45) is 1.84. The number of rotatable bonds is 4. The number of anilines is 1. The Balaban J connectivity index is 1.38. The average molecular weight is 340 g/mol. The summed E-state index contributed by atoms with van der Waals surface area (Å²) in [5.74, 6) is 2.13. The fraction of sp³-hybridized carbons (Fsp3) is 0.474. The van der Waals surface area contributed by atoms with Gasteiger partial charge in [0.05, 0.1) is 12.7 Å². The number of aryl methyl sites for hydroxylation is 1. The quantitative estimate of drug-likeness (QED) is 0.724. The highest BCUT2D eigenvalue weighted by Crippen LogP contribution is 2.24. The Morgan fingerprint density at radius 2 is 1.92 bits per heavy atom. The van der Waals surface area contributed by atoms with Crippen molar-refractivity contribution in [2.75, 3.05) is 31.1 Å². The van der Waals surface area contributed by atoms with E-state index in [1.165, 1.54) is 5.56 Å². The second kappa shape index (κ2) is 6.52. The lowest BCUT2D eigenvalue weighted by Gasteiger charge is -2.32. The molecule has 6 heteroatoms. The van der Waals surface area contributed by atoms with Crippen LogP contribution in [0.4, 0.5) is 6.01 Å². The van der Waals surface area contributed by atoms with Crippen molar-refractivity contribution < 1.29 is 8.83 Å². The van der Waals surface area contributed by atoms with E-state index in [4.69, 9.17) is 8.83 Å². The molecule has 4 rings (SSSR count). The molecule has 2 aromatic heterocycles. The van der Waals surface area contributed by atoms with E-state index in [1.807, 2.05) is 12.3 Å². The first kappa shape index (κ1) is 16.1. The highest BCUT2D eigenvalue weighted by atomic mass is 16.4. The van der Waals surface area contributed by atoms with Crippen LogP contribution >= 0.6 is 0 Å². The molecular weight excluding hydrogens is 316 g/mol. The van der Waals surface area contributed by atoms with Gasteiger partial charge in [-0.3, -0.25) is 4.90 Å². The maximum Gasteiger partial charge on any atom is 0.298 e. The second-order valence-electron chi connectivity index (χ2n) is 7.04. The van der Waals surface area contributed by atoms with E-state index in [0.29, 0.717) is 5.92 Å². The molecule has 0 atom stereocenters.